The van der Waals surface area contributed by atoms with Gasteiger partial charge in [0.2, 0.25) is 0 Å². The molecule has 0 spiro atoms. The minimum absolute atomic E-state index is 0.179. The summed E-state index contributed by atoms with van der Waals surface area (Å²) in [6.07, 6.45) is 0. The van der Waals surface area contributed by atoms with Crippen LogP contribution in [0.3, 0.4) is 0 Å². The van der Waals surface area contributed by atoms with Crippen molar-refractivity contribution < 1.29 is 17.6 Å². The van der Waals surface area contributed by atoms with Gasteiger partial charge in [-0.25, -0.2) is 23.0 Å². The zero-order valence-corrected chi connectivity index (χ0v) is 10.6. The Morgan fingerprint density at radius 1 is 0.950 bits per heavy atom. The first-order valence-electron chi connectivity index (χ1n) is 5.82. The van der Waals surface area contributed by atoms with Crippen LogP contribution in [-0.4, -0.2) is 0 Å². The Balaban J connectivity index is 2.65. The molecule has 2 rings (SSSR count). The van der Waals surface area contributed by atoms with Crippen LogP contribution in [0, 0.1) is 30.2 Å². The third-order valence-corrected chi connectivity index (χ3v) is 3.07. The lowest BCUT2D eigenvalue weighted by Crippen LogP contribution is -2.31. The number of rotatable bonds is 3. The first-order chi connectivity index (χ1) is 9.47. The third-order valence-electron chi connectivity index (χ3n) is 3.07. The predicted molar refractivity (Wildman–Crippen MR) is 66.6 cm³/mol. The maximum absolute atomic E-state index is 14.1. The number of hydrogen-bond acceptors (Lipinski definition) is 2. The summed E-state index contributed by atoms with van der Waals surface area (Å²) in [5.74, 6) is 1.22. The molecule has 106 valence electrons. The molecule has 1 atom stereocenters. The standard InChI is InChI=1S/C14H12F4N2/c1-7-5-6-9(15)11(12(7)17)14(20-19)8-3-2-4-10(16)13(8)18/h2-6,14,20H,19H2,1H3. The molecule has 0 aliphatic carbocycles. The quantitative estimate of drug-likeness (QED) is 0.516. The van der Waals surface area contributed by atoms with Crippen molar-refractivity contribution in [1.29, 1.82) is 0 Å². The first kappa shape index (κ1) is 14.5. The zero-order valence-electron chi connectivity index (χ0n) is 10.6. The van der Waals surface area contributed by atoms with Crippen molar-refractivity contribution >= 4 is 0 Å². The summed E-state index contributed by atoms with van der Waals surface area (Å²) < 4.78 is 54.9. The van der Waals surface area contributed by atoms with E-state index < -0.39 is 34.9 Å². The van der Waals surface area contributed by atoms with Crippen LogP contribution in [0.4, 0.5) is 17.6 Å². The van der Waals surface area contributed by atoms with Gasteiger partial charge in [-0.2, -0.15) is 0 Å². The van der Waals surface area contributed by atoms with Crippen LogP contribution in [0.1, 0.15) is 22.7 Å². The smallest absolute Gasteiger partial charge is 0.163 e. The van der Waals surface area contributed by atoms with Gasteiger partial charge in [-0.05, 0) is 24.6 Å². The lowest BCUT2D eigenvalue weighted by atomic mass is 9.96. The zero-order chi connectivity index (χ0) is 14.9. The highest BCUT2D eigenvalue weighted by molar-refractivity contribution is 5.37. The van der Waals surface area contributed by atoms with E-state index in [1.165, 1.54) is 25.1 Å². The second kappa shape index (κ2) is 5.60. The van der Waals surface area contributed by atoms with E-state index in [0.717, 1.165) is 12.1 Å². The third kappa shape index (κ3) is 2.39. The molecule has 2 aromatic rings. The van der Waals surface area contributed by atoms with Crippen molar-refractivity contribution in [3.63, 3.8) is 0 Å². The van der Waals surface area contributed by atoms with Gasteiger partial charge in [-0.3, -0.25) is 5.84 Å². The van der Waals surface area contributed by atoms with E-state index in [1.807, 2.05) is 0 Å². The lowest BCUT2D eigenvalue weighted by molar-refractivity contribution is 0.464. The molecule has 1 unspecified atom stereocenters. The largest absolute Gasteiger partial charge is 0.271 e. The van der Waals surface area contributed by atoms with Crippen molar-refractivity contribution in [2.24, 2.45) is 5.84 Å². The van der Waals surface area contributed by atoms with Crippen LogP contribution < -0.4 is 11.3 Å². The number of hydrogen-bond donors (Lipinski definition) is 2. The van der Waals surface area contributed by atoms with E-state index >= 15 is 0 Å². The summed E-state index contributed by atoms with van der Waals surface area (Å²) in [6.45, 7) is 1.44. The molecule has 2 aromatic carbocycles. The highest BCUT2D eigenvalue weighted by Gasteiger charge is 2.25. The fourth-order valence-corrected chi connectivity index (χ4v) is 2.02. The van der Waals surface area contributed by atoms with E-state index in [-0.39, 0.29) is 11.1 Å². The Bertz CT molecular complexity index is 643. The molecule has 0 bridgehead atoms. The van der Waals surface area contributed by atoms with Crippen molar-refractivity contribution in [3.8, 4) is 0 Å². The summed E-state index contributed by atoms with van der Waals surface area (Å²) in [5.41, 5.74) is 1.59. The highest BCUT2D eigenvalue weighted by Crippen LogP contribution is 2.30. The monoisotopic (exact) mass is 284 g/mol. The number of halogens is 4. The molecule has 0 aliphatic heterocycles. The average Bonchev–Trinajstić information content (AvgIpc) is 2.43. The normalized spacial score (nSPS) is 12.5. The van der Waals surface area contributed by atoms with Gasteiger partial charge in [0.15, 0.2) is 11.6 Å². The molecule has 0 fully saturated rings. The van der Waals surface area contributed by atoms with Crippen LogP contribution in [0.2, 0.25) is 0 Å². The van der Waals surface area contributed by atoms with Gasteiger partial charge in [-0.15, -0.1) is 0 Å². The Kier molecular flexibility index (Phi) is 4.06. The van der Waals surface area contributed by atoms with Crippen LogP contribution in [0.5, 0.6) is 0 Å². The molecule has 2 nitrogen and oxygen atoms in total. The Morgan fingerprint density at radius 3 is 2.30 bits per heavy atom. The van der Waals surface area contributed by atoms with Gasteiger partial charge in [0.1, 0.15) is 11.6 Å². The Labute approximate surface area is 113 Å². The summed E-state index contributed by atoms with van der Waals surface area (Å²) in [4.78, 5) is 0. The predicted octanol–water partition coefficient (Wildman–Crippen LogP) is 3.10. The summed E-state index contributed by atoms with van der Waals surface area (Å²) in [6, 6.07) is 4.34. The van der Waals surface area contributed by atoms with Gasteiger partial charge in [-0.1, -0.05) is 18.2 Å². The molecule has 3 N–H and O–H groups in total. The molecule has 0 saturated heterocycles. The second-order valence-electron chi connectivity index (χ2n) is 4.33. The van der Waals surface area contributed by atoms with Crippen LogP contribution in [0.15, 0.2) is 30.3 Å². The number of nitrogens with one attached hydrogen (secondary N) is 1. The van der Waals surface area contributed by atoms with E-state index in [0.29, 0.717) is 0 Å². The van der Waals surface area contributed by atoms with E-state index in [9.17, 15) is 17.6 Å². The minimum Gasteiger partial charge on any atom is -0.271 e. The van der Waals surface area contributed by atoms with Crippen molar-refractivity contribution in [2.75, 3.05) is 0 Å². The molecule has 0 saturated carbocycles. The molecule has 0 aromatic heterocycles. The SMILES string of the molecule is Cc1ccc(F)c(C(NN)c2cccc(F)c2F)c1F. The van der Waals surface area contributed by atoms with Gasteiger partial charge < -0.3 is 0 Å². The van der Waals surface area contributed by atoms with Gasteiger partial charge in [0, 0.05) is 11.1 Å². The van der Waals surface area contributed by atoms with Gasteiger partial charge in [0.05, 0.1) is 6.04 Å². The van der Waals surface area contributed by atoms with Crippen molar-refractivity contribution in [2.45, 2.75) is 13.0 Å². The number of benzene rings is 2. The maximum Gasteiger partial charge on any atom is 0.163 e. The number of nitrogens with two attached hydrogens (primary N) is 1. The molecular weight excluding hydrogens is 272 g/mol. The van der Waals surface area contributed by atoms with E-state index in [4.69, 9.17) is 5.84 Å². The molecule has 0 aliphatic rings. The van der Waals surface area contributed by atoms with Gasteiger partial charge in [0.25, 0.3) is 0 Å². The van der Waals surface area contributed by atoms with Gasteiger partial charge >= 0.3 is 0 Å². The van der Waals surface area contributed by atoms with Crippen LogP contribution >= 0.6 is 0 Å². The average molecular weight is 284 g/mol. The summed E-state index contributed by atoms with van der Waals surface area (Å²) >= 11 is 0. The molecule has 20 heavy (non-hydrogen) atoms. The first-order valence-corrected chi connectivity index (χ1v) is 5.82. The fraction of sp³-hybridized carbons (Fsp3) is 0.143. The van der Waals surface area contributed by atoms with Crippen molar-refractivity contribution in [1.82, 2.24) is 5.43 Å². The molecule has 0 amide bonds. The Morgan fingerprint density at radius 2 is 1.65 bits per heavy atom. The topological polar surface area (TPSA) is 38.0 Å². The molecule has 6 heteroatoms. The van der Waals surface area contributed by atoms with Crippen LogP contribution in [0.25, 0.3) is 0 Å². The van der Waals surface area contributed by atoms with Crippen LogP contribution in [-0.2, 0) is 0 Å². The van der Waals surface area contributed by atoms with Crippen molar-refractivity contribution in [3.05, 3.63) is 70.3 Å². The number of aryl methyl sites for hydroxylation is 1. The summed E-state index contributed by atoms with van der Waals surface area (Å²) in [5, 5.41) is 0. The summed E-state index contributed by atoms with van der Waals surface area (Å²) in [7, 11) is 0. The Hall–Kier alpha value is -1.92. The molecule has 0 radical (unpaired) electrons. The molecular formula is C14H12F4N2. The lowest BCUT2D eigenvalue weighted by Gasteiger charge is -2.19. The van der Waals surface area contributed by atoms with E-state index in [1.54, 1.807) is 0 Å². The maximum atomic E-state index is 14.1. The second-order valence-corrected chi connectivity index (χ2v) is 4.33. The number of hydrazine groups is 1. The molecule has 0 heterocycles. The minimum atomic E-state index is -1.33. The fourth-order valence-electron chi connectivity index (χ4n) is 2.02. The highest BCUT2D eigenvalue weighted by atomic mass is 19.2. The van der Waals surface area contributed by atoms with E-state index in [2.05, 4.69) is 5.43 Å².